The number of likely N-dealkylation sites (N-methyl/N-ethyl adjacent to an activating group) is 1. The van der Waals surface area contributed by atoms with Crippen molar-refractivity contribution in [3.05, 3.63) is 58.1 Å². The van der Waals surface area contributed by atoms with Gasteiger partial charge in [-0.2, -0.15) is 0 Å². The summed E-state index contributed by atoms with van der Waals surface area (Å²) in [5, 5.41) is 1.31. The van der Waals surface area contributed by atoms with E-state index in [-0.39, 0.29) is 5.91 Å². The summed E-state index contributed by atoms with van der Waals surface area (Å²) >= 11 is 7.83. The molecule has 0 fully saturated rings. The van der Waals surface area contributed by atoms with Crippen LogP contribution >= 0.6 is 22.9 Å². The Labute approximate surface area is 175 Å². The van der Waals surface area contributed by atoms with Crippen LogP contribution in [-0.2, 0) is 0 Å². The van der Waals surface area contributed by atoms with Crippen molar-refractivity contribution in [1.82, 2.24) is 9.88 Å². The smallest absolute Gasteiger partial charge is 0.260 e. The largest absolute Gasteiger partial charge is 0.302 e. The Kier molecular flexibility index (Phi) is 6.70. The van der Waals surface area contributed by atoms with E-state index in [2.05, 4.69) is 18.7 Å². The summed E-state index contributed by atoms with van der Waals surface area (Å²) in [7, 11) is 0. The van der Waals surface area contributed by atoms with Gasteiger partial charge in [0, 0.05) is 18.7 Å². The Hall–Kier alpha value is -1.95. The Morgan fingerprint density at radius 2 is 1.86 bits per heavy atom. The number of fused-ring (bicyclic) bond motifs is 1. The third-order valence-corrected chi connectivity index (χ3v) is 6.33. The summed E-state index contributed by atoms with van der Waals surface area (Å²) in [6, 6.07) is 11.7. The lowest BCUT2D eigenvalue weighted by Gasteiger charge is -2.25. The third kappa shape index (κ3) is 4.37. The number of rotatable bonds is 7. The molecule has 28 heavy (non-hydrogen) atoms. The van der Waals surface area contributed by atoms with Crippen LogP contribution in [0.2, 0.25) is 5.02 Å². The first-order chi connectivity index (χ1) is 13.4. The minimum absolute atomic E-state index is 0.0140. The molecule has 0 spiro atoms. The summed E-state index contributed by atoms with van der Waals surface area (Å²) in [5.74, 6) is -0.0140. The fourth-order valence-corrected chi connectivity index (χ4v) is 4.57. The van der Waals surface area contributed by atoms with Crippen LogP contribution in [0.4, 0.5) is 5.13 Å². The molecule has 0 aliphatic heterocycles. The molecular formula is C22H26ClN3OS. The number of amides is 1. The summed E-state index contributed by atoms with van der Waals surface area (Å²) in [5.41, 5.74) is 3.61. The highest BCUT2D eigenvalue weighted by molar-refractivity contribution is 7.22. The fraction of sp³-hybridized carbons (Fsp3) is 0.364. The molecule has 1 aromatic heterocycles. The van der Waals surface area contributed by atoms with Gasteiger partial charge >= 0.3 is 0 Å². The molecule has 0 unspecified atom stereocenters. The van der Waals surface area contributed by atoms with Crippen molar-refractivity contribution in [2.75, 3.05) is 31.1 Å². The highest BCUT2D eigenvalue weighted by atomic mass is 35.5. The predicted molar refractivity (Wildman–Crippen MR) is 120 cm³/mol. The SMILES string of the molecule is CCN(CC)CCN(C(=O)c1ccc(C)cc1C)c1nc2c(Cl)cccc2s1. The number of para-hydroxylation sites is 1. The second kappa shape index (κ2) is 9.03. The normalized spacial score (nSPS) is 11.4. The van der Waals surface area contributed by atoms with E-state index in [0.29, 0.717) is 16.7 Å². The lowest BCUT2D eigenvalue weighted by molar-refractivity contribution is 0.0983. The molecule has 0 N–H and O–H groups in total. The molecule has 0 atom stereocenters. The quantitative estimate of drug-likeness (QED) is 0.507. The number of carbonyl (C=O) groups excluding carboxylic acids is 1. The van der Waals surface area contributed by atoms with Crippen LogP contribution < -0.4 is 4.90 Å². The predicted octanol–water partition coefficient (Wildman–Crippen LogP) is 5.56. The zero-order valence-corrected chi connectivity index (χ0v) is 18.4. The number of aromatic nitrogens is 1. The highest BCUT2D eigenvalue weighted by Gasteiger charge is 2.23. The Morgan fingerprint density at radius 1 is 1.11 bits per heavy atom. The first-order valence-electron chi connectivity index (χ1n) is 9.61. The van der Waals surface area contributed by atoms with Crippen molar-refractivity contribution in [3.8, 4) is 0 Å². The summed E-state index contributed by atoms with van der Waals surface area (Å²) < 4.78 is 0.990. The number of aryl methyl sites for hydroxylation is 2. The van der Waals surface area contributed by atoms with Gasteiger partial charge in [-0.05, 0) is 50.7 Å². The standard InChI is InChI=1S/C22H26ClN3OS/c1-5-25(6-2)12-13-26(21(27)17-11-10-15(3)14-16(17)4)22-24-20-18(23)8-7-9-19(20)28-22/h7-11,14H,5-6,12-13H2,1-4H3. The molecule has 1 heterocycles. The lowest BCUT2D eigenvalue weighted by Crippen LogP contribution is -2.39. The van der Waals surface area contributed by atoms with Gasteiger partial charge in [0.05, 0.1) is 9.72 Å². The molecular weight excluding hydrogens is 390 g/mol. The van der Waals surface area contributed by atoms with Crippen molar-refractivity contribution >= 4 is 44.2 Å². The second-order valence-electron chi connectivity index (χ2n) is 6.89. The lowest BCUT2D eigenvalue weighted by atomic mass is 10.0. The van der Waals surface area contributed by atoms with E-state index < -0.39 is 0 Å². The number of anilines is 1. The molecule has 0 bridgehead atoms. The maximum atomic E-state index is 13.5. The van der Waals surface area contributed by atoms with Gasteiger partial charge in [0.2, 0.25) is 0 Å². The van der Waals surface area contributed by atoms with Crippen LogP contribution in [0.5, 0.6) is 0 Å². The summed E-state index contributed by atoms with van der Waals surface area (Å²) in [6.07, 6.45) is 0. The van der Waals surface area contributed by atoms with Crippen LogP contribution in [0.1, 0.15) is 35.3 Å². The van der Waals surface area contributed by atoms with E-state index in [9.17, 15) is 4.79 Å². The van der Waals surface area contributed by atoms with Crippen molar-refractivity contribution in [2.24, 2.45) is 0 Å². The van der Waals surface area contributed by atoms with E-state index in [4.69, 9.17) is 16.6 Å². The van der Waals surface area contributed by atoms with E-state index in [0.717, 1.165) is 46.5 Å². The summed E-state index contributed by atoms with van der Waals surface area (Å²) in [6.45, 7) is 11.6. The number of carbonyl (C=O) groups is 1. The molecule has 2 aromatic carbocycles. The van der Waals surface area contributed by atoms with Crippen LogP contribution in [0.25, 0.3) is 10.2 Å². The Morgan fingerprint density at radius 3 is 2.50 bits per heavy atom. The number of hydrogen-bond donors (Lipinski definition) is 0. The minimum Gasteiger partial charge on any atom is -0.302 e. The number of hydrogen-bond acceptors (Lipinski definition) is 4. The summed E-state index contributed by atoms with van der Waals surface area (Å²) in [4.78, 5) is 22.3. The molecule has 0 saturated heterocycles. The molecule has 6 heteroatoms. The van der Waals surface area contributed by atoms with E-state index in [1.165, 1.54) is 11.3 Å². The van der Waals surface area contributed by atoms with Gasteiger partial charge in [-0.25, -0.2) is 4.98 Å². The first-order valence-corrected chi connectivity index (χ1v) is 10.8. The Bertz CT molecular complexity index is 981. The van der Waals surface area contributed by atoms with Crippen LogP contribution in [0.3, 0.4) is 0 Å². The number of nitrogens with zero attached hydrogens (tertiary/aromatic N) is 3. The van der Waals surface area contributed by atoms with Gasteiger partial charge in [-0.3, -0.25) is 9.69 Å². The zero-order valence-electron chi connectivity index (χ0n) is 16.8. The molecule has 0 aliphatic rings. The van der Waals surface area contributed by atoms with Gasteiger partial charge in [0.1, 0.15) is 5.52 Å². The van der Waals surface area contributed by atoms with Gasteiger partial charge in [0.25, 0.3) is 5.91 Å². The third-order valence-electron chi connectivity index (χ3n) is 4.98. The fourth-order valence-electron chi connectivity index (χ4n) is 3.28. The van der Waals surface area contributed by atoms with Gasteiger partial charge in [-0.15, -0.1) is 0 Å². The number of thiazole rings is 1. The van der Waals surface area contributed by atoms with Crippen molar-refractivity contribution in [3.63, 3.8) is 0 Å². The maximum absolute atomic E-state index is 13.5. The van der Waals surface area contributed by atoms with Crippen LogP contribution in [0, 0.1) is 13.8 Å². The van der Waals surface area contributed by atoms with E-state index in [1.54, 1.807) is 4.90 Å². The number of benzene rings is 2. The molecule has 148 valence electrons. The molecule has 0 aliphatic carbocycles. The maximum Gasteiger partial charge on any atom is 0.260 e. The molecule has 1 amide bonds. The van der Waals surface area contributed by atoms with Gasteiger partial charge in [0.15, 0.2) is 5.13 Å². The van der Waals surface area contributed by atoms with E-state index in [1.807, 2.05) is 50.2 Å². The van der Waals surface area contributed by atoms with E-state index >= 15 is 0 Å². The Balaban J connectivity index is 2.00. The topological polar surface area (TPSA) is 36.4 Å². The van der Waals surface area contributed by atoms with Crippen molar-refractivity contribution < 1.29 is 4.79 Å². The van der Waals surface area contributed by atoms with Crippen molar-refractivity contribution in [1.29, 1.82) is 0 Å². The zero-order chi connectivity index (χ0) is 20.3. The van der Waals surface area contributed by atoms with Gasteiger partial charge < -0.3 is 4.90 Å². The molecule has 3 aromatic rings. The molecule has 0 saturated carbocycles. The molecule has 0 radical (unpaired) electrons. The van der Waals surface area contributed by atoms with Crippen LogP contribution in [0.15, 0.2) is 36.4 Å². The first kappa shape index (κ1) is 20.8. The highest BCUT2D eigenvalue weighted by Crippen LogP contribution is 2.33. The van der Waals surface area contributed by atoms with Crippen molar-refractivity contribution in [2.45, 2.75) is 27.7 Å². The molecule has 3 rings (SSSR count). The average molecular weight is 416 g/mol. The molecule has 4 nitrogen and oxygen atoms in total. The average Bonchev–Trinajstić information content (AvgIpc) is 3.10. The monoisotopic (exact) mass is 415 g/mol. The van der Waals surface area contributed by atoms with Gasteiger partial charge in [-0.1, -0.05) is 60.5 Å². The number of halogens is 1. The minimum atomic E-state index is -0.0140. The second-order valence-corrected chi connectivity index (χ2v) is 8.30. The van der Waals surface area contributed by atoms with Crippen LogP contribution in [-0.4, -0.2) is 42.0 Å².